The molecule has 0 saturated heterocycles. The third kappa shape index (κ3) is 4.60. The number of carbonyl (C=O) groups excluding carboxylic acids is 1. The Labute approximate surface area is 192 Å². The first-order valence-electron chi connectivity index (χ1n) is 11.0. The molecule has 0 unspecified atom stereocenters. The number of Topliss-reactive ketones (excluding diaryl/α,β-unsaturated/α-hetero) is 1. The first kappa shape index (κ1) is 21.5. The van der Waals surface area contributed by atoms with Crippen LogP contribution in [0.5, 0.6) is 0 Å². The lowest BCUT2D eigenvalue weighted by Gasteiger charge is -2.09. The maximum atomic E-state index is 14.5. The van der Waals surface area contributed by atoms with Gasteiger partial charge in [0.1, 0.15) is 16.5 Å². The Hall–Kier alpha value is -3.31. The summed E-state index contributed by atoms with van der Waals surface area (Å²) >= 11 is 0. The Morgan fingerprint density at radius 1 is 0.818 bits per heavy atom. The number of fused-ring (bicyclic) bond motifs is 1. The van der Waals surface area contributed by atoms with E-state index in [2.05, 4.69) is 0 Å². The smallest absolute Gasteiger partial charge is 0.185 e. The molecule has 5 rings (SSSR count). The van der Waals surface area contributed by atoms with Crippen LogP contribution in [0, 0.1) is 11.7 Å². The van der Waals surface area contributed by atoms with Crippen LogP contribution < -0.4 is 0 Å². The van der Waals surface area contributed by atoms with Crippen LogP contribution in [0.2, 0.25) is 0 Å². The Bertz CT molecular complexity index is 1440. The predicted molar refractivity (Wildman–Crippen MR) is 127 cm³/mol. The minimum absolute atomic E-state index is 0.0655. The summed E-state index contributed by atoms with van der Waals surface area (Å²) in [6.07, 6.45) is 1.00. The van der Waals surface area contributed by atoms with Crippen molar-refractivity contribution in [1.29, 1.82) is 0 Å². The zero-order valence-electron chi connectivity index (χ0n) is 17.9. The Kier molecular flexibility index (Phi) is 5.59. The lowest BCUT2D eigenvalue weighted by molar-refractivity contribution is -0.119. The van der Waals surface area contributed by atoms with Gasteiger partial charge in [0.25, 0.3) is 0 Å². The van der Waals surface area contributed by atoms with Gasteiger partial charge in [0.15, 0.2) is 9.84 Å². The van der Waals surface area contributed by atoms with Crippen LogP contribution in [-0.4, -0.2) is 14.2 Å². The molecule has 4 aromatic rings. The molecule has 0 heterocycles. The molecule has 1 aliphatic carbocycles. The van der Waals surface area contributed by atoms with E-state index in [1.165, 1.54) is 12.1 Å². The number of hydrogen-bond acceptors (Lipinski definition) is 3. The second-order valence-electron chi connectivity index (χ2n) is 8.71. The van der Waals surface area contributed by atoms with E-state index in [-0.39, 0.29) is 28.3 Å². The van der Waals surface area contributed by atoms with Crippen molar-refractivity contribution in [3.8, 4) is 0 Å². The van der Waals surface area contributed by atoms with Gasteiger partial charge < -0.3 is 0 Å². The summed E-state index contributed by atoms with van der Waals surface area (Å²) in [6, 6.07) is 27.0. The highest BCUT2D eigenvalue weighted by atomic mass is 32.2. The molecular formula is C28H23FO3S. The fourth-order valence-corrected chi connectivity index (χ4v) is 5.93. The molecule has 0 aromatic heterocycles. The van der Waals surface area contributed by atoms with E-state index in [1.807, 2.05) is 42.5 Å². The van der Waals surface area contributed by atoms with Gasteiger partial charge in [-0.1, -0.05) is 78.9 Å². The molecule has 3 nitrogen and oxygen atoms in total. The van der Waals surface area contributed by atoms with E-state index < -0.39 is 15.7 Å². The van der Waals surface area contributed by atoms with Crippen molar-refractivity contribution in [3.05, 3.63) is 114 Å². The zero-order chi connectivity index (χ0) is 23.0. The first-order valence-corrected chi connectivity index (χ1v) is 12.6. The van der Waals surface area contributed by atoms with E-state index in [9.17, 15) is 17.6 Å². The number of hydrogen-bond donors (Lipinski definition) is 0. The fourth-order valence-electron chi connectivity index (χ4n) is 4.46. The SMILES string of the molecule is O=C(Cc1ccc2ccccc2c1)[C@@H]1C[C@H]1c1ccc(F)c(S(=O)(=O)Cc2ccccc2)c1. The minimum atomic E-state index is -3.84. The maximum Gasteiger partial charge on any atom is 0.185 e. The highest BCUT2D eigenvalue weighted by Gasteiger charge is 2.43. The number of sulfone groups is 1. The molecular weight excluding hydrogens is 435 g/mol. The molecule has 2 atom stereocenters. The summed E-state index contributed by atoms with van der Waals surface area (Å²) in [7, 11) is -3.84. The molecule has 0 spiro atoms. The molecule has 0 N–H and O–H groups in total. The van der Waals surface area contributed by atoms with Crippen LogP contribution in [0.25, 0.3) is 10.8 Å². The van der Waals surface area contributed by atoms with E-state index in [1.54, 1.807) is 36.4 Å². The topological polar surface area (TPSA) is 51.2 Å². The molecule has 4 aromatic carbocycles. The standard InChI is InChI=1S/C28H23FO3S/c29-26-13-12-23(16-28(26)33(31,32)18-19-6-2-1-3-7-19)24-17-25(24)27(30)15-20-10-11-21-8-4-5-9-22(21)14-20/h1-14,16,24-25H,15,17-18H2/t24-,25+/m0/s1. The summed E-state index contributed by atoms with van der Waals surface area (Å²) in [5.41, 5.74) is 2.28. The van der Waals surface area contributed by atoms with Crippen molar-refractivity contribution in [1.82, 2.24) is 0 Å². The van der Waals surface area contributed by atoms with Crippen molar-refractivity contribution >= 4 is 26.4 Å². The second-order valence-corrected chi connectivity index (χ2v) is 10.7. The Morgan fingerprint density at radius 2 is 1.55 bits per heavy atom. The third-order valence-electron chi connectivity index (χ3n) is 6.31. The van der Waals surface area contributed by atoms with Crippen LogP contribution in [-0.2, 0) is 26.8 Å². The highest BCUT2D eigenvalue weighted by Crippen LogP contribution is 2.49. The van der Waals surface area contributed by atoms with Crippen molar-refractivity contribution in [3.63, 3.8) is 0 Å². The third-order valence-corrected chi connectivity index (χ3v) is 8.01. The summed E-state index contributed by atoms with van der Waals surface area (Å²) in [5.74, 6) is -1.11. The average molecular weight is 459 g/mol. The quantitative estimate of drug-likeness (QED) is 0.348. The van der Waals surface area contributed by atoms with Crippen molar-refractivity contribution in [2.24, 2.45) is 5.92 Å². The lowest BCUT2D eigenvalue weighted by atomic mass is 10.00. The van der Waals surface area contributed by atoms with Crippen LogP contribution in [0.15, 0.2) is 95.9 Å². The molecule has 166 valence electrons. The Balaban J connectivity index is 1.32. The van der Waals surface area contributed by atoms with Gasteiger partial charge in [0.2, 0.25) is 0 Å². The normalized spacial score (nSPS) is 17.7. The van der Waals surface area contributed by atoms with Crippen LogP contribution in [0.3, 0.4) is 0 Å². The van der Waals surface area contributed by atoms with E-state index >= 15 is 0 Å². The number of ketones is 1. The molecule has 5 heteroatoms. The van der Waals surface area contributed by atoms with Crippen LogP contribution in [0.4, 0.5) is 4.39 Å². The minimum Gasteiger partial charge on any atom is -0.299 e. The number of rotatable bonds is 7. The first-order chi connectivity index (χ1) is 15.9. The predicted octanol–water partition coefficient (Wildman–Crippen LogP) is 5.87. The second kappa shape index (κ2) is 8.56. The Morgan fingerprint density at radius 3 is 2.33 bits per heavy atom. The van der Waals surface area contributed by atoms with Gasteiger partial charge in [0.05, 0.1) is 5.75 Å². The van der Waals surface area contributed by atoms with Crippen LogP contribution in [0.1, 0.15) is 29.0 Å². The van der Waals surface area contributed by atoms with Gasteiger partial charge in [0, 0.05) is 12.3 Å². The number of carbonyl (C=O) groups is 1. The van der Waals surface area contributed by atoms with Crippen LogP contribution >= 0.6 is 0 Å². The van der Waals surface area contributed by atoms with E-state index in [0.29, 0.717) is 24.0 Å². The molecule has 0 bridgehead atoms. The molecule has 0 amide bonds. The fraction of sp³-hybridized carbons (Fsp3) is 0.179. The highest BCUT2D eigenvalue weighted by molar-refractivity contribution is 7.90. The van der Waals surface area contributed by atoms with Crippen molar-refractivity contribution in [2.75, 3.05) is 0 Å². The number of halogens is 1. The summed E-state index contributed by atoms with van der Waals surface area (Å²) < 4.78 is 40.2. The molecule has 0 aliphatic heterocycles. The maximum absolute atomic E-state index is 14.5. The van der Waals surface area contributed by atoms with Gasteiger partial charge >= 0.3 is 0 Å². The summed E-state index contributed by atoms with van der Waals surface area (Å²) in [4.78, 5) is 12.6. The molecule has 0 radical (unpaired) electrons. The van der Waals surface area contributed by atoms with Gasteiger partial charge in [-0.05, 0) is 51.9 Å². The van der Waals surface area contributed by atoms with Gasteiger partial charge in [-0.2, -0.15) is 0 Å². The molecule has 1 fully saturated rings. The summed E-state index contributed by atoms with van der Waals surface area (Å²) in [5, 5.41) is 2.23. The van der Waals surface area contributed by atoms with E-state index in [0.717, 1.165) is 16.3 Å². The molecule has 1 saturated carbocycles. The van der Waals surface area contributed by atoms with Crippen molar-refractivity contribution in [2.45, 2.75) is 29.4 Å². The molecule has 1 aliphatic rings. The average Bonchev–Trinajstić information content (AvgIpc) is 3.61. The van der Waals surface area contributed by atoms with Gasteiger partial charge in [-0.25, -0.2) is 12.8 Å². The monoisotopic (exact) mass is 458 g/mol. The summed E-state index contributed by atoms with van der Waals surface area (Å²) in [6.45, 7) is 0. The lowest BCUT2D eigenvalue weighted by Crippen LogP contribution is -2.09. The van der Waals surface area contributed by atoms with E-state index in [4.69, 9.17) is 0 Å². The molecule has 33 heavy (non-hydrogen) atoms. The zero-order valence-corrected chi connectivity index (χ0v) is 18.8. The van der Waals surface area contributed by atoms with Gasteiger partial charge in [-0.3, -0.25) is 4.79 Å². The largest absolute Gasteiger partial charge is 0.299 e. The number of benzene rings is 4. The van der Waals surface area contributed by atoms with Crippen molar-refractivity contribution < 1.29 is 17.6 Å². The van der Waals surface area contributed by atoms with Gasteiger partial charge in [-0.15, -0.1) is 0 Å².